The number of sulfonamides is 1. The van der Waals surface area contributed by atoms with Crippen molar-refractivity contribution in [3.63, 3.8) is 0 Å². The second-order valence-electron chi connectivity index (χ2n) is 7.03. The lowest BCUT2D eigenvalue weighted by atomic mass is 10.1. The Balaban J connectivity index is 1.79. The Morgan fingerprint density at radius 3 is 2.35 bits per heavy atom. The third-order valence-electron chi connectivity index (χ3n) is 4.74. The van der Waals surface area contributed by atoms with Crippen LogP contribution < -0.4 is 0 Å². The standard InChI is InChI=1S/C22H21ClFN3O3S/c1-15-4-6-17(7-5-15)14-27-22(23)20(16(2)25-27)12-13-21(28)26(3)31(29,30)19-10-8-18(24)9-11-19/h4-13H,14H2,1-3H3. The van der Waals surface area contributed by atoms with Crippen LogP contribution in [0.25, 0.3) is 6.08 Å². The van der Waals surface area contributed by atoms with Gasteiger partial charge >= 0.3 is 0 Å². The zero-order valence-corrected chi connectivity index (χ0v) is 18.8. The van der Waals surface area contributed by atoms with E-state index in [4.69, 9.17) is 11.6 Å². The van der Waals surface area contributed by atoms with E-state index in [1.165, 1.54) is 6.08 Å². The van der Waals surface area contributed by atoms with E-state index in [1.807, 2.05) is 31.2 Å². The van der Waals surface area contributed by atoms with Crippen LogP contribution in [0.2, 0.25) is 5.15 Å². The lowest BCUT2D eigenvalue weighted by Gasteiger charge is -2.15. The van der Waals surface area contributed by atoms with E-state index in [0.717, 1.165) is 48.5 Å². The molecule has 0 aliphatic heterocycles. The van der Waals surface area contributed by atoms with Gasteiger partial charge in [0.25, 0.3) is 15.9 Å². The van der Waals surface area contributed by atoms with E-state index in [0.29, 0.717) is 27.3 Å². The van der Waals surface area contributed by atoms with Crippen LogP contribution in [0, 0.1) is 19.7 Å². The van der Waals surface area contributed by atoms with Crippen LogP contribution in [0.5, 0.6) is 0 Å². The SMILES string of the molecule is Cc1ccc(Cn2nc(C)c(C=CC(=O)N(C)S(=O)(=O)c3ccc(F)cc3)c2Cl)cc1. The van der Waals surface area contributed by atoms with E-state index in [2.05, 4.69) is 5.10 Å². The second kappa shape index (κ2) is 9.03. The lowest BCUT2D eigenvalue weighted by Crippen LogP contribution is -2.31. The number of halogens is 2. The van der Waals surface area contributed by atoms with E-state index in [1.54, 1.807) is 11.6 Å². The molecule has 0 radical (unpaired) electrons. The summed E-state index contributed by atoms with van der Waals surface area (Å²) in [5.41, 5.74) is 3.29. The maximum Gasteiger partial charge on any atom is 0.266 e. The third kappa shape index (κ3) is 5.03. The first-order chi connectivity index (χ1) is 14.6. The number of amides is 1. The van der Waals surface area contributed by atoms with Crippen molar-refractivity contribution in [3.05, 3.63) is 88.0 Å². The summed E-state index contributed by atoms with van der Waals surface area (Å²) >= 11 is 6.44. The number of nitrogens with zero attached hydrogens (tertiary/aromatic N) is 3. The van der Waals surface area contributed by atoms with Gasteiger partial charge < -0.3 is 0 Å². The van der Waals surface area contributed by atoms with Gasteiger partial charge in [-0.15, -0.1) is 0 Å². The Bertz CT molecular complexity index is 1230. The normalized spacial score (nSPS) is 11.8. The highest BCUT2D eigenvalue weighted by Crippen LogP contribution is 2.23. The maximum atomic E-state index is 13.1. The summed E-state index contributed by atoms with van der Waals surface area (Å²) in [5, 5.41) is 4.75. The minimum atomic E-state index is -4.11. The first kappa shape index (κ1) is 22.7. The zero-order valence-electron chi connectivity index (χ0n) is 17.2. The number of benzene rings is 2. The average molecular weight is 462 g/mol. The monoisotopic (exact) mass is 461 g/mol. The smallest absolute Gasteiger partial charge is 0.266 e. The van der Waals surface area contributed by atoms with Gasteiger partial charge in [0.15, 0.2) is 0 Å². The van der Waals surface area contributed by atoms with Crippen molar-refractivity contribution in [2.45, 2.75) is 25.3 Å². The molecule has 1 aromatic heterocycles. The fourth-order valence-corrected chi connectivity index (χ4v) is 4.26. The molecule has 31 heavy (non-hydrogen) atoms. The zero-order chi connectivity index (χ0) is 22.8. The van der Waals surface area contributed by atoms with Crippen LogP contribution in [0.3, 0.4) is 0 Å². The van der Waals surface area contributed by atoms with Crippen molar-refractivity contribution in [1.29, 1.82) is 0 Å². The van der Waals surface area contributed by atoms with Gasteiger partial charge in [-0.05, 0) is 49.8 Å². The van der Waals surface area contributed by atoms with Crippen LogP contribution in [0.1, 0.15) is 22.4 Å². The Labute approximate surface area is 185 Å². The molecule has 3 rings (SSSR count). The molecule has 0 aliphatic carbocycles. The average Bonchev–Trinajstić information content (AvgIpc) is 3.00. The summed E-state index contributed by atoms with van der Waals surface area (Å²) in [5.74, 6) is -1.34. The Hall–Kier alpha value is -2.97. The van der Waals surface area contributed by atoms with E-state index in [9.17, 15) is 17.6 Å². The number of rotatable bonds is 6. The number of carbonyl (C=O) groups is 1. The number of hydrogen-bond donors (Lipinski definition) is 0. The van der Waals surface area contributed by atoms with Gasteiger partial charge in [0.05, 0.1) is 17.1 Å². The molecule has 2 aromatic carbocycles. The molecule has 0 bridgehead atoms. The highest BCUT2D eigenvalue weighted by molar-refractivity contribution is 7.89. The van der Waals surface area contributed by atoms with Gasteiger partial charge in [-0.2, -0.15) is 5.10 Å². The Kier molecular flexibility index (Phi) is 6.62. The lowest BCUT2D eigenvalue weighted by molar-refractivity contribution is -0.120. The number of aromatic nitrogens is 2. The first-order valence-corrected chi connectivity index (χ1v) is 11.2. The molecule has 0 unspecified atom stereocenters. The van der Waals surface area contributed by atoms with Crippen molar-refractivity contribution < 1.29 is 17.6 Å². The molecule has 0 saturated carbocycles. The Morgan fingerprint density at radius 2 is 1.74 bits per heavy atom. The van der Waals surface area contributed by atoms with Crippen molar-refractivity contribution in [1.82, 2.24) is 14.1 Å². The predicted molar refractivity (Wildman–Crippen MR) is 118 cm³/mol. The molecule has 0 fully saturated rings. The topological polar surface area (TPSA) is 72.3 Å². The molecule has 0 saturated heterocycles. The molecule has 3 aromatic rings. The number of hydrogen-bond acceptors (Lipinski definition) is 4. The van der Waals surface area contributed by atoms with E-state index >= 15 is 0 Å². The summed E-state index contributed by atoms with van der Waals surface area (Å²) in [6, 6.07) is 12.2. The highest BCUT2D eigenvalue weighted by Gasteiger charge is 2.24. The van der Waals surface area contributed by atoms with Crippen LogP contribution >= 0.6 is 11.6 Å². The fraction of sp³-hybridized carbons (Fsp3) is 0.182. The van der Waals surface area contributed by atoms with Crippen molar-refractivity contribution in [2.75, 3.05) is 7.05 Å². The number of carbonyl (C=O) groups excluding carboxylic acids is 1. The van der Waals surface area contributed by atoms with Gasteiger partial charge in [-0.1, -0.05) is 41.4 Å². The summed E-state index contributed by atoms with van der Waals surface area (Å²) < 4.78 is 40.4. The van der Waals surface area contributed by atoms with Crippen molar-refractivity contribution >= 4 is 33.6 Å². The van der Waals surface area contributed by atoms with Crippen molar-refractivity contribution in [3.8, 4) is 0 Å². The molecule has 1 heterocycles. The maximum absolute atomic E-state index is 13.1. The molecular formula is C22H21ClFN3O3S. The Morgan fingerprint density at radius 1 is 1.13 bits per heavy atom. The number of aryl methyl sites for hydroxylation is 2. The van der Waals surface area contributed by atoms with Crippen LogP contribution in [0.4, 0.5) is 4.39 Å². The van der Waals surface area contributed by atoms with Gasteiger partial charge in [0, 0.05) is 18.7 Å². The van der Waals surface area contributed by atoms with Gasteiger partial charge in [0.1, 0.15) is 11.0 Å². The summed E-state index contributed by atoms with van der Waals surface area (Å²) in [4.78, 5) is 12.3. The molecule has 162 valence electrons. The molecule has 0 N–H and O–H groups in total. The predicted octanol–water partition coefficient (Wildman–Crippen LogP) is 4.20. The van der Waals surface area contributed by atoms with Gasteiger partial charge in [-0.3, -0.25) is 4.79 Å². The molecule has 1 amide bonds. The van der Waals surface area contributed by atoms with Gasteiger partial charge in [0.2, 0.25) is 0 Å². The molecule has 6 nitrogen and oxygen atoms in total. The largest absolute Gasteiger partial charge is 0.269 e. The minimum absolute atomic E-state index is 0.182. The molecular weight excluding hydrogens is 441 g/mol. The minimum Gasteiger partial charge on any atom is -0.269 e. The molecule has 0 atom stereocenters. The molecule has 0 aliphatic rings. The van der Waals surface area contributed by atoms with Gasteiger partial charge in [-0.25, -0.2) is 21.8 Å². The third-order valence-corrected chi connectivity index (χ3v) is 6.90. The summed E-state index contributed by atoms with van der Waals surface area (Å²) in [7, 11) is -2.97. The quantitative estimate of drug-likeness (QED) is 0.516. The summed E-state index contributed by atoms with van der Waals surface area (Å²) in [6.07, 6.45) is 2.56. The van der Waals surface area contributed by atoms with E-state index < -0.39 is 21.7 Å². The summed E-state index contributed by atoms with van der Waals surface area (Å²) in [6.45, 7) is 4.21. The first-order valence-electron chi connectivity index (χ1n) is 9.34. The highest BCUT2D eigenvalue weighted by atomic mass is 35.5. The molecule has 9 heteroatoms. The van der Waals surface area contributed by atoms with Crippen LogP contribution in [0.15, 0.2) is 59.5 Å². The van der Waals surface area contributed by atoms with Crippen LogP contribution in [-0.4, -0.2) is 35.5 Å². The molecule has 0 spiro atoms. The van der Waals surface area contributed by atoms with Crippen LogP contribution in [-0.2, 0) is 21.4 Å². The van der Waals surface area contributed by atoms with Crippen molar-refractivity contribution in [2.24, 2.45) is 0 Å². The van der Waals surface area contributed by atoms with E-state index in [-0.39, 0.29) is 4.90 Å². The number of likely N-dealkylation sites (N-methyl/N-ethyl adjacent to an activating group) is 1. The second-order valence-corrected chi connectivity index (χ2v) is 9.36. The fourth-order valence-electron chi connectivity index (χ4n) is 2.87.